The number of aromatic nitrogens is 1. The summed E-state index contributed by atoms with van der Waals surface area (Å²) < 4.78 is 7.22. The van der Waals surface area contributed by atoms with Gasteiger partial charge in [-0.2, -0.15) is 0 Å². The Kier molecular flexibility index (Phi) is 5.54. The van der Waals surface area contributed by atoms with E-state index in [1.807, 2.05) is 30.5 Å². The zero-order valence-electron chi connectivity index (χ0n) is 10.9. The van der Waals surface area contributed by atoms with E-state index in [4.69, 9.17) is 10.6 Å². The van der Waals surface area contributed by atoms with Crippen LogP contribution in [0.3, 0.4) is 0 Å². The molecule has 20 heavy (non-hydrogen) atoms. The molecule has 0 radical (unpaired) electrons. The van der Waals surface area contributed by atoms with Crippen LogP contribution in [0.4, 0.5) is 0 Å². The Bertz CT molecular complexity index is 592. The lowest BCUT2D eigenvalue weighted by Crippen LogP contribution is -2.29. The Labute approximate surface area is 135 Å². The zero-order valence-corrected chi connectivity index (χ0v) is 14.1. The second kappa shape index (κ2) is 7.17. The van der Waals surface area contributed by atoms with Crippen LogP contribution in [0, 0.1) is 0 Å². The SMILES string of the molecule is COc1ccc(Br)c(CC(NN)c2cncc(Br)c2)c1. The molecule has 0 spiro atoms. The van der Waals surface area contributed by atoms with Gasteiger partial charge in [-0.25, -0.2) is 0 Å². The molecule has 0 saturated carbocycles. The first-order chi connectivity index (χ1) is 9.63. The first kappa shape index (κ1) is 15.4. The molecule has 0 aliphatic rings. The van der Waals surface area contributed by atoms with Gasteiger partial charge in [-0.05, 0) is 57.7 Å². The molecule has 0 bridgehead atoms. The third kappa shape index (κ3) is 3.79. The van der Waals surface area contributed by atoms with Crippen molar-refractivity contribution in [2.45, 2.75) is 12.5 Å². The zero-order chi connectivity index (χ0) is 14.5. The number of benzene rings is 1. The molecule has 1 unspecified atom stereocenters. The summed E-state index contributed by atoms with van der Waals surface area (Å²) in [5, 5.41) is 0. The molecule has 2 aromatic rings. The fourth-order valence-electron chi connectivity index (χ4n) is 1.95. The molecule has 4 nitrogen and oxygen atoms in total. The third-order valence-corrected chi connectivity index (χ3v) is 4.21. The van der Waals surface area contributed by atoms with E-state index < -0.39 is 0 Å². The Morgan fingerprint density at radius 2 is 2.10 bits per heavy atom. The highest BCUT2D eigenvalue weighted by atomic mass is 79.9. The van der Waals surface area contributed by atoms with Gasteiger partial charge in [-0.1, -0.05) is 15.9 Å². The first-order valence-electron chi connectivity index (χ1n) is 6.03. The molecule has 1 aromatic heterocycles. The number of nitrogens with one attached hydrogen (secondary N) is 1. The number of methoxy groups -OCH3 is 1. The van der Waals surface area contributed by atoms with Gasteiger partial charge in [0.25, 0.3) is 0 Å². The molecule has 6 heteroatoms. The van der Waals surface area contributed by atoms with E-state index >= 15 is 0 Å². The lowest BCUT2D eigenvalue weighted by atomic mass is 10.0. The van der Waals surface area contributed by atoms with Crippen LogP contribution in [0.2, 0.25) is 0 Å². The van der Waals surface area contributed by atoms with Gasteiger partial charge in [0.1, 0.15) is 5.75 Å². The molecule has 0 amide bonds. The number of hydrogen-bond donors (Lipinski definition) is 2. The summed E-state index contributed by atoms with van der Waals surface area (Å²) in [5.74, 6) is 6.51. The monoisotopic (exact) mass is 399 g/mol. The van der Waals surface area contributed by atoms with Gasteiger partial charge < -0.3 is 4.74 Å². The predicted molar refractivity (Wildman–Crippen MR) is 86.4 cm³/mol. The van der Waals surface area contributed by atoms with Crippen molar-refractivity contribution in [3.8, 4) is 5.75 Å². The van der Waals surface area contributed by atoms with Crippen LogP contribution >= 0.6 is 31.9 Å². The molecular weight excluding hydrogens is 386 g/mol. The van der Waals surface area contributed by atoms with Crippen LogP contribution in [0.5, 0.6) is 5.75 Å². The summed E-state index contributed by atoms with van der Waals surface area (Å²) in [6, 6.07) is 7.87. The summed E-state index contributed by atoms with van der Waals surface area (Å²) in [6.45, 7) is 0. The van der Waals surface area contributed by atoms with Crippen LogP contribution in [0.25, 0.3) is 0 Å². The summed E-state index contributed by atoms with van der Waals surface area (Å²) in [7, 11) is 1.66. The second-order valence-electron chi connectivity index (χ2n) is 4.32. The lowest BCUT2D eigenvalue weighted by Gasteiger charge is -2.17. The quantitative estimate of drug-likeness (QED) is 0.596. The van der Waals surface area contributed by atoms with Crippen LogP contribution in [0.1, 0.15) is 17.2 Å². The molecule has 0 fully saturated rings. The van der Waals surface area contributed by atoms with Crippen molar-refractivity contribution in [2.75, 3.05) is 7.11 Å². The average molecular weight is 401 g/mol. The van der Waals surface area contributed by atoms with E-state index in [9.17, 15) is 0 Å². The summed E-state index contributed by atoms with van der Waals surface area (Å²) in [5.41, 5.74) is 4.98. The van der Waals surface area contributed by atoms with E-state index in [1.165, 1.54) is 0 Å². The van der Waals surface area contributed by atoms with Crippen molar-refractivity contribution in [1.82, 2.24) is 10.4 Å². The van der Waals surface area contributed by atoms with Gasteiger partial charge in [-0.15, -0.1) is 0 Å². The fraction of sp³-hybridized carbons (Fsp3) is 0.214. The second-order valence-corrected chi connectivity index (χ2v) is 6.09. The summed E-state index contributed by atoms with van der Waals surface area (Å²) in [4.78, 5) is 4.17. The van der Waals surface area contributed by atoms with Gasteiger partial charge in [0.15, 0.2) is 0 Å². The van der Waals surface area contributed by atoms with E-state index in [1.54, 1.807) is 13.3 Å². The van der Waals surface area contributed by atoms with Crippen molar-refractivity contribution in [1.29, 1.82) is 0 Å². The van der Waals surface area contributed by atoms with Gasteiger partial charge in [-0.3, -0.25) is 16.3 Å². The first-order valence-corrected chi connectivity index (χ1v) is 7.61. The lowest BCUT2D eigenvalue weighted by molar-refractivity contribution is 0.413. The largest absolute Gasteiger partial charge is 0.497 e. The number of ether oxygens (including phenoxy) is 1. The summed E-state index contributed by atoms with van der Waals surface area (Å²) >= 11 is 6.98. The third-order valence-electron chi connectivity index (χ3n) is 3.01. The fourth-order valence-corrected chi connectivity index (χ4v) is 2.74. The van der Waals surface area contributed by atoms with Crippen molar-refractivity contribution < 1.29 is 4.74 Å². The maximum Gasteiger partial charge on any atom is 0.119 e. The molecule has 1 heterocycles. The molecule has 3 N–H and O–H groups in total. The topological polar surface area (TPSA) is 60.2 Å². The number of hydrazine groups is 1. The predicted octanol–water partition coefficient (Wildman–Crippen LogP) is 3.36. The average Bonchev–Trinajstić information content (AvgIpc) is 2.46. The summed E-state index contributed by atoms with van der Waals surface area (Å²) in [6.07, 6.45) is 4.29. The normalized spacial score (nSPS) is 12.2. The van der Waals surface area contributed by atoms with Crippen LogP contribution in [0.15, 0.2) is 45.6 Å². The van der Waals surface area contributed by atoms with Crippen molar-refractivity contribution in [3.63, 3.8) is 0 Å². The number of rotatable bonds is 5. The van der Waals surface area contributed by atoms with E-state index in [0.717, 1.165) is 32.2 Å². The van der Waals surface area contributed by atoms with Crippen LogP contribution in [-0.2, 0) is 6.42 Å². The highest BCUT2D eigenvalue weighted by molar-refractivity contribution is 9.10. The van der Waals surface area contributed by atoms with E-state index in [2.05, 4.69) is 42.3 Å². The van der Waals surface area contributed by atoms with E-state index in [-0.39, 0.29) is 6.04 Å². The standard InChI is InChI=1S/C14H15Br2N3O/c1-20-12-2-3-13(16)9(5-12)6-14(19-17)10-4-11(15)8-18-7-10/h2-5,7-8,14,19H,6,17H2,1H3. The Morgan fingerprint density at radius 1 is 1.30 bits per heavy atom. The number of hydrogen-bond acceptors (Lipinski definition) is 4. The minimum absolute atomic E-state index is 0.0246. The highest BCUT2D eigenvalue weighted by Crippen LogP contribution is 2.27. The van der Waals surface area contributed by atoms with Crippen molar-refractivity contribution >= 4 is 31.9 Å². The molecule has 0 aliphatic carbocycles. The van der Waals surface area contributed by atoms with Crippen molar-refractivity contribution in [3.05, 3.63) is 56.7 Å². The molecular formula is C14H15Br2N3O. The number of halogens is 2. The maximum atomic E-state index is 5.68. The van der Waals surface area contributed by atoms with Gasteiger partial charge >= 0.3 is 0 Å². The number of nitrogens with two attached hydrogens (primary N) is 1. The van der Waals surface area contributed by atoms with Crippen LogP contribution < -0.4 is 16.0 Å². The molecule has 1 atom stereocenters. The van der Waals surface area contributed by atoms with Gasteiger partial charge in [0.05, 0.1) is 13.2 Å². The maximum absolute atomic E-state index is 5.68. The minimum Gasteiger partial charge on any atom is -0.497 e. The molecule has 106 valence electrons. The Hall–Kier alpha value is -0.950. The van der Waals surface area contributed by atoms with E-state index in [0.29, 0.717) is 0 Å². The van der Waals surface area contributed by atoms with Crippen molar-refractivity contribution in [2.24, 2.45) is 5.84 Å². The van der Waals surface area contributed by atoms with Gasteiger partial charge in [0.2, 0.25) is 0 Å². The number of nitrogens with zero attached hydrogens (tertiary/aromatic N) is 1. The van der Waals surface area contributed by atoms with Crippen LogP contribution in [-0.4, -0.2) is 12.1 Å². The molecule has 0 saturated heterocycles. The highest BCUT2D eigenvalue weighted by Gasteiger charge is 2.14. The number of pyridine rings is 1. The van der Waals surface area contributed by atoms with Gasteiger partial charge in [0, 0.05) is 21.3 Å². The molecule has 2 rings (SSSR count). The molecule has 1 aromatic carbocycles. The minimum atomic E-state index is -0.0246. The Balaban J connectivity index is 2.26. The molecule has 0 aliphatic heterocycles. The smallest absolute Gasteiger partial charge is 0.119 e. The Morgan fingerprint density at radius 3 is 2.75 bits per heavy atom.